The number of anilines is 1. The Labute approximate surface area is 160 Å². The summed E-state index contributed by atoms with van der Waals surface area (Å²) in [5.41, 5.74) is 1.36. The Hall–Kier alpha value is -3.00. The van der Waals surface area contributed by atoms with Crippen LogP contribution < -0.4 is 20.7 Å². The standard InChI is InChI=1S/C19H17F2N3O2S/c1-11-15(17(25)23-12-7-3-2-4-8-12)16(24-19(27)22-11)13-9-5-6-10-14(13)26-18(20)21/h2-10,15-16,18H,1H2,(H,23,25)(H2,22,24,27)/t15-,16+/m0/s1. The van der Waals surface area contributed by atoms with E-state index >= 15 is 0 Å². The largest absolute Gasteiger partial charge is 0.434 e. The molecule has 0 unspecified atom stereocenters. The first-order valence-electron chi connectivity index (χ1n) is 8.11. The van der Waals surface area contributed by atoms with E-state index in [0.29, 0.717) is 16.9 Å². The van der Waals surface area contributed by atoms with Gasteiger partial charge in [0.25, 0.3) is 0 Å². The van der Waals surface area contributed by atoms with Crippen molar-refractivity contribution in [3.05, 3.63) is 72.4 Å². The number of hydrogen-bond donors (Lipinski definition) is 3. The molecule has 0 radical (unpaired) electrons. The molecule has 2 aromatic rings. The fraction of sp³-hybridized carbons (Fsp3) is 0.158. The van der Waals surface area contributed by atoms with Crippen LogP contribution in [-0.4, -0.2) is 17.6 Å². The summed E-state index contributed by atoms with van der Waals surface area (Å²) in [4.78, 5) is 12.9. The smallest absolute Gasteiger partial charge is 0.387 e. The Kier molecular flexibility index (Phi) is 5.66. The van der Waals surface area contributed by atoms with Crippen LogP contribution in [0.3, 0.4) is 0 Å². The lowest BCUT2D eigenvalue weighted by Crippen LogP contribution is -2.51. The molecule has 8 heteroatoms. The molecule has 140 valence electrons. The third kappa shape index (κ3) is 4.40. The number of carbonyl (C=O) groups is 1. The lowest BCUT2D eigenvalue weighted by molar-refractivity contribution is -0.119. The van der Waals surface area contributed by atoms with Crippen molar-refractivity contribution in [2.24, 2.45) is 5.92 Å². The Morgan fingerprint density at radius 3 is 2.52 bits per heavy atom. The molecule has 0 bridgehead atoms. The summed E-state index contributed by atoms with van der Waals surface area (Å²) in [5, 5.41) is 8.85. The fourth-order valence-electron chi connectivity index (χ4n) is 2.93. The SMILES string of the molecule is C=C1NC(=S)N[C@H](c2ccccc2OC(F)F)[C@H]1C(=O)Nc1ccccc1. The summed E-state index contributed by atoms with van der Waals surface area (Å²) in [6.45, 7) is 0.900. The third-order valence-corrected chi connectivity index (χ3v) is 4.28. The molecule has 0 spiro atoms. The fourth-order valence-corrected chi connectivity index (χ4v) is 3.19. The number of thiocarbonyl (C=S) groups is 1. The van der Waals surface area contributed by atoms with Gasteiger partial charge in [0.1, 0.15) is 11.7 Å². The van der Waals surface area contributed by atoms with Crippen molar-refractivity contribution in [3.63, 3.8) is 0 Å². The van der Waals surface area contributed by atoms with Crippen LogP contribution in [0.2, 0.25) is 0 Å². The average molecular weight is 389 g/mol. The topological polar surface area (TPSA) is 62.4 Å². The van der Waals surface area contributed by atoms with Crippen LogP contribution in [0.15, 0.2) is 66.9 Å². The normalized spacial score (nSPS) is 19.2. The van der Waals surface area contributed by atoms with Gasteiger partial charge in [0.05, 0.1) is 6.04 Å². The Morgan fingerprint density at radius 2 is 1.81 bits per heavy atom. The molecular weight excluding hydrogens is 372 g/mol. The van der Waals surface area contributed by atoms with Gasteiger partial charge >= 0.3 is 6.61 Å². The van der Waals surface area contributed by atoms with Crippen LogP contribution in [0.5, 0.6) is 5.75 Å². The van der Waals surface area contributed by atoms with E-state index < -0.39 is 18.6 Å². The Bertz CT molecular complexity index is 861. The zero-order valence-corrected chi connectivity index (χ0v) is 14.9. The minimum absolute atomic E-state index is 0.0278. The van der Waals surface area contributed by atoms with Crippen molar-refractivity contribution in [2.75, 3.05) is 5.32 Å². The second-order valence-electron chi connectivity index (χ2n) is 5.85. The van der Waals surface area contributed by atoms with Crippen molar-refractivity contribution in [2.45, 2.75) is 12.7 Å². The first-order chi connectivity index (χ1) is 13.0. The molecule has 3 rings (SSSR count). The number of alkyl halides is 2. The van der Waals surface area contributed by atoms with Crippen molar-refractivity contribution >= 4 is 28.9 Å². The highest BCUT2D eigenvalue weighted by molar-refractivity contribution is 7.80. The van der Waals surface area contributed by atoms with Crippen LogP contribution in [0.4, 0.5) is 14.5 Å². The van der Waals surface area contributed by atoms with Gasteiger partial charge < -0.3 is 20.7 Å². The molecule has 1 heterocycles. The summed E-state index contributed by atoms with van der Waals surface area (Å²) in [6.07, 6.45) is 0. The number of carbonyl (C=O) groups excluding carboxylic acids is 1. The van der Waals surface area contributed by atoms with Gasteiger partial charge in [0, 0.05) is 16.9 Å². The quantitative estimate of drug-likeness (QED) is 0.683. The predicted molar refractivity (Wildman–Crippen MR) is 102 cm³/mol. The predicted octanol–water partition coefficient (Wildman–Crippen LogP) is 3.58. The maximum atomic E-state index is 12.9. The monoisotopic (exact) mass is 389 g/mol. The van der Waals surface area contributed by atoms with E-state index in [1.54, 1.807) is 42.5 Å². The van der Waals surface area contributed by atoms with E-state index in [1.165, 1.54) is 6.07 Å². The molecule has 5 nitrogen and oxygen atoms in total. The first-order valence-corrected chi connectivity index (χ1v) is 8.52. The van der Waals surface area contributed by atoms with Crippen LogP contribution in [0, 0.1) is 5.92 Å². The van der Waals surface area contributed by atoms with Gasteiger partial charge in [-0.05, 0) is 30.4 Å². The second kappa shape index (κ2) is 8.13. The molecular formula is C19H17F2N3O2S. The average Bonchev–Trinajstić information content (AvgIpc) is 2.61. The molecule has 0 saturated carbocycles. The summed E-state index contributed by atoms with van der Waals surface area (Å²) < 4.78 is 30.2. The molecule has 2 atom stereocenters. The van der Waals surface area contributed by atoms with Crippen molar-refractivity contribution in [3.8, 4) is 5.75 Å². The van der Waals surface area contributed by atoms with Gasteiger partial charge in [-0.15, -0.1) is 0 Å². The highest BCUT2D eigenvalue weighted by Crippen LogP contribution is 2.36. The zero-order chi connectivity index (χ0) is 19.4. The van der Waals surface area contributed by atoms with E-state index in [4.69, 9.17) is 12.2 Å². The number of benzene rings is 2. The molecule has 1 saturated heterocycles. The number of nitrogens with one attached hydrogen (secondary N) is 3. The highest BCUT2D eigenvalue weighted by atomic mass is 32.1. The third-order valence-electron chi connectivity index (χ3n) is 4.06. The van der Waals surface area contributed by atoms with Gasteiger partial charge in [-0.1, -0.05) is 43.0 Å². The Morgan fingerprint density at radius 1 is 1.15 bits per heavy atom. The van der Waals surface area contributed by atoms with Gasteiger partial charge in [0.2, 0.25) is 5.91 Å². The first kappa shape index (κ1) is 18.8. The molecule has 3 N–H and O–H groups in total. The number of halogens is 2. The Balaban J connectivity index is 1.94. The van der Waals surface area contributed by atoms with Crippen molar-refractivity contribution in [1.82, 2.24) is 10.6 Å². The molecule has 2 aromatic carbocycles. The van der Waals surface area contributed by atoms with E-state index in [2.05, 4.69) is 27.3 Å². The minimum Gasteiger partial charge on any atom is -0.434 e. The van der Waals surface area contributed by atoms with Gasteiger partial charge in [0.15, 0.2) is 5.11 Å². The van der Waals surface area contributed by atoms with E-state index in [1.807, 2.05) is 6.07 Å². The van der Waals surface area contributed by atoms with E-state index in [-0.39, 0.29) is 16.8 Å². The summed E-state index contributed by atoms with van der Waals surface area (Å²) in [7, 11) is 0. The second-order valence-corrected chi connectivity index (χ2v) is 6.26. The summed E-state index contributed by atoms with van der Waals surface area (Å²) in [6, 6.07) is 14.5. The zero-order valence-electron chi connectivity index (χ0n) is 14.1. The lowest BCUT2D eigenvalue weighted by Gasteiger charge is -2.36. The van der Waals surface area contributed by atoms with E-state index in [0.717, 1.165) is 0 Å². The number of ether oxygens (including phenoxy) is 1. The van der Waals surface area contributed by atoms with Crippen molar-refractivity contribution in [1.29, 1.82) is 0 Å². The van der Waals surface area contributed by atoms with Crippen LogP contribution >= 0.6 is 12.2 Å². The van der Waals surface area contributed by atoms with Crippen LogP contribution in [0.25, 0.3) is 0 Å². The number of para-hydroxylation sites is 2. The lowest BCUT2D eigenvalue weighted by atomic mass is 9.87. The molecule has 0 aliphatic carbocycles. The molecule has 1 amide bonds. The van der Waals surface area contributed by atoms with Gasteiger partial charge in [-0.2, -0.15) is 8.78 Å². The number of amides is 1. The number of hydrogen-bond acceptors (Lipinski definition) is 3. The van der Waals surface area contributed by atoms with Crippen LogP contribution in [-0.2, 0) is 4.79 Å². The molecule has 27 heavy (non-hydrogen) atoms. The maximum Gasteiger partial charge on any atom is 0.387 e. The molecule has 1 fully saturated rings. The number of rotatable bonds is 5. The molecule has 1 aliphatic rings. The van der Waals surface area contributed by atoms with Crippen LogP contribution in [0.1, 0.15) is 11.6 Å². The highest BCUT2D eigenvalue weighted by Gasteiger charge is 2.38. The molecule has 0 aromatic heterocycles. The summed E-state index contributed by atoms with van der Waals surface area (Å²) >= 11 is 5.16. The maximum absolute atomic E-state index is 12.9. The van der Waals surface area contributed by atoms with Gasteiger partial charge in [-0.3, -0.25) is 4.79 Å². The van der Waals surface area contributed by atoms with Gasteiger partial charge in [-0.25, -0.2) is 0 Å². The van der Waals surface area contributed by atoms with Crippen molar-refractivity contribution < 1.29 is 18.3 Å². The van der Waals surface area contributed by atoms with E-state index in [9.17, 15) is 13.6 Å². The summed E-state index contributed by atoms with van der Waals surface area (Å²) in [5.74, 6) is -1.19. The molecule has 1 aliphatic heterocycles. The minimum atomic E-state index is -2.99.